The van der Waals surface area contributed by atoms with Crippen LogP contribution in [0.3, 0.4) is 0 Å². The molecule has 0 fully saturated rings. The van der Waals surface area contributed by atoms with Gasteiger partial charge in [0.15, 0.2) is 6.29 Å². The number of carbonyl (C=O) groups excluding carboxylic acids is 1. The van der Waals surface area contributed by atoms with Gasteiger partial charge in [0.1, 0.15) is 5.69 Å². The van der Waals surface area contributed by atoms with Crippen LogP contribution in [-0.2, 0) is 0 Å². The van der Waals surface area contributed by atoms with E-state index < -0.39 is 0 Å². The summed E-state index contributed by atoms with van der Waals surface area (Å²) in [5.74, 6) is 0. The lowest BCUT2D eigenvalue weighted by Gasteiger charge is -2.03. The smallest absolute Gasteiger partial charge is 0.169 e. The third-order valence-corrected chi connectivity index (χ3v) is 2.76. The highest BCUT2D eigenvalue weighted by atomic mass is 79.9. The quantitative estimate of drug-likeness (QED) is 0.782. The standard InChI is InChI=1S/C11H9BrN2O/c1-8-2-4-9(5-3-8)14-11(7-15)10(12)6-13-14/h2-7H,1H3. The van der Waals surface area contributed by atoms with E-state index in [0.29, 0.717) is 10.2 Å². The average molecular weight is 265 g/mol. The molecule has 0 aliphatic heterocycles. The van der Waals surface area contributed by atoms with Gasteiger partial charge in [-0.15, -0.1) is 0 Å². The zero-order chi connectivity index (χ0) is 10.8. The van der Waals surface area contributed by atoms with Crippen molar-refractivity contribution in [1.29, 1.82) is 0 Å². The van der Waals surface area contributed by atoms with Gasteiger partial charge in [-0.2, -0.15) is 5.10 Å². The predicted molar refractivity (Wildman–Crippen MR) is 61.4 cm³/mol. The molecule has 4 heteroatoms. The second-order valence-electron chi connectivity index (χ2n) is 3.24. The van der Waals surface area contributed by atoms with Crippen molar-refractivity contribution in [1.82, 2.24) is 9.78 Å². The molecule has 0 saturated heterocycles. The summed E-state index contributed by atoms with van der Waals surface area (Å²) in [5.41, 5.74) is 2.59. The molecule has 1 aromatic carbocycles. The van der Waals surface area contributed by atoms with Crippen molar-refractivity contribution in [2.75, 3.05) is 0 Å². The molecular weight excluding hydrogens is 256 g/mol. The van der Waals surface area contributed by atoms with Crippen LogP contribution >= 0.6 is 15.9 Å². The number of hydrogen-bond acceptors (Lipinski definition) is 2. The van der Waals surface area contributed by atoms with E-state index in [1.165, 1.54) is 5.56 Å². The van der Waals surface area contributed by atoms with Crippen LogP contribution in [0.1, 0.15) is 16.1 Å². The molecule has 0 N–H and O–H groups in total. The Kier molecular flexibility index (Phi) is 2.68. The predicted octanol–water partition coefficient (Wildman–Crippen LogP) is 2.76. The van der Waals surface area contributed by atoms with Crippen LogP contribution in [-0.4, -0.2) is 16.1 Å². The van der Waals surface area contributed by atoms with E-state index in [4.69, 9.17) is 0 Å². The van der Waals surface area contributed by atoms with E-state index in [-0.39, 0.29) is 0 Å². The molecule has 0 bridgehead atoms. The SMILES string of the molecule is Cc1ccc(-n2ncc(Br)c2C=O)cc1. The van der Waals surface area contributed by atoms with Crippen molar-refractivity contribution < 1.29 is 4.79 Å². The van der Waals surface area contributed by atoms with Gasteiger partial charge in [-0.3, -0.25) is 4.79 Å². The van der Waals surface area contributed by atoms with Gasteiger partial charge in [0.25, 0.3) is 0 Å². The fourth-order valence-corrected chi connectivity index (χ4v) is 1.69. The molecule has 1 heterocycles. The number of halogens is 1. The number of benzene rings is 1. The minimum absolute atomic E-state index is 0.527. The van der Waals surface area contributed by atoms with E-state index in [9.17, 15) is 4.79 Å². The molecule has 2 aromatic rings. The number of carbonyl (C=O) groups is 1. The second-order valence-corrected chi connectivity index (χ2v) is 4.10. The molecule has 2 rings (SSSR count). The molecule has 0 radical (unpaired) electrons. The Hall–Kier alpha value is -1.42. The van der Waals surface area contributed by atoms with Gasteiger partial charge in [0.2, 0.25) is 0 Å². The summed E-state index contributed by atoms with van der Waals surface area (Å²) < 4.78 is 2.31. The zero-order valence-corrected chi connectivity index (χ0v) is 9.73. The van der Waals surface area contributed by atoms with Crippen molar-refractivity contribution in [3.8, 4) is 5.69 Å². The topological polar surface area (TPSA) is 34.9 Å². The Morgan fingerprint density at radius 1 is 1.33 bits per heavy atom. The first-order valence-electron chi connectivity index (χ1n) is 4.48. The van der Waals surface area contributed by atoms with E-state index in [1.54, 1.807) is 10.9 Å². The van der Waals surface area contributed by atoms with Crippen molar-refractivity contribution in [3.63, 3.8) is 0 Å². The summed E-state index contributed by atoms with van der Waals surface area (Å²) in [5, 5.41) is 4.13. The maximum absolute atomic E-state index is 10.9. The van der Waals surface area contributed by atoms with Crippen LogP contribution in [0, 0.1) is 6.92 Å². The van der Waals surface area contributed by atoms with Gasteiger partial charge >= 0.3 is 0 Å². The normalized spacial score (nSPS) is 10.3. The lowest BCUT2D eigenvalue weighted by molar-refractivity contribution is 0.111. The van der Waals surface area contributed by atoms with Crippen LogP contribution < -0.4 is 0 Å². The van der Waals surface area contributed by atoms with E-state index >= 15 is 0 Å². The third kappa shape index (κ3) is 1.85. The molecule has 1 aromatic heterocycles. The molecule has 0 aliphatic carbocycles. The lowest BCUT2D eigenvalue weighted by atomic mass is 10.2. The summed E-state index contributed by atoms with van der Waals surface area (Å²) in [6.07, 6.45) is 2.40. The molecule has 0 unspecified atom stereocenters. The summed E-state index contributed by atoms with van der Waals surface area (Å²) >= 11 is 3.27. The highest BCUT2D eigenvalue weighted by Crippen LogP contribution is 2.18. The number of hydrogen-bond donors (Lipinski definition) is 0. The van der Waals surface area contributed by atoms with Crippen LogP contribution in [0.15, 0.2) is 34.9 Å². The first-order valence-corrected chi connectivity index (χ1v) is 5.27. The number of aryl methyl sites for hydroxylation is 1. The molecule has 15 heavy (non-hydrogen) atoms. The molecule has 0 aliphatic rings. The Balaban J connectivity index is 2.53. The van der Waals surface area contributed by atoms with Gasteiger partial charge < -0.3 is 0 Å². The first kappa shape index (κ1) is 10.1. The zero-order valence-electron chi connectivity index (χ0n) is 8.14. The minimum Gasteiger partial charge on any atom is -0.296 e. The van der Waals surface area contributed by atoms with Crippen molar-refractivity contribution >= 4 is 22.2 Å². The first-order chi connectivity index (χ1) is 7.22. The maximum atomic E-state index is 10.9. The molecule has 76 valence electrons. The molecule has 3 nitrogen and oxygen atoms in total. The second kappa shape index (κ2) is 3.98. The number of nitrogens with zero attached hydrogens (tertiary/aromatic N) is 2. The molecular formula is C11H9BrN2O. The molecule has 0 saturated carbocycles. The minimum atomic E-state index is 0.527. The van der Waals surface area contributed by atoms with Gasteiger partial charge in [-0.05, 0) is 35.0 Å². The molecule has 0 spiro atoms. The highest BCUT2D eigenvalue weighted by Gasteiger charge is 2.08. The van der Waals surface area contributed by atoms with E-state index in [2.05, 4.69) is 21.0 Å². The van der Waals surface area contributed by atoms with Crippen molar-refractivity contribution in [2.45, 2.75) is 6.92 Å². The van der Waals surface area contributed by atoms with Gasteiger partial charge in [0, 0.05) is 0 Å². The largest absolute Gasteiger partial charge is 0.296 e. The number of rotatable bonds is 2. The van der Waals surface area contributed by atoms with Crippen LogP contribution in [0.25, 0.3) is 5.69 Å². The van der Waals surface area contributed by atoms with Crippen LogP contribution in [0.2, 0.25) is 0 Å². The molecule has 0 atom stereocenters. The van der Waals surface area contributed by atoms with E-state index in [0.717, 1.165) is 12.0 Å². The van der Waals surface area contributed by atoms with Crippen LogP contribution in [0.5, 0.6) is 0 Å². The van der Waals surface area contributed by atoms with Gasteiger partial charge in [-0.25, -0.2) is 4.68 Å². The summed E-state index contributed by atoms with van der Waals surface area (Å²) in [6.45, 7) is 2.02. The Morgan fingerprint density at radius 2 is 2.00 bits per heavy atom. The molecule has 0 amide bonds. The van der Waals surface area contributed by atoms with Gasteiger partial charge in [-0.1, -0.05) is 17.7 Å². The lowest BCUT2D eigenvalue weighted by Crippen LogP contribution is -2.01. The third-order valence-electron chi connectivity index (χ3n) is 2.15. The van der Waals surface area contributed by atoms with E-state index in [1.807, 2.05) is 31.2 Å². The number of aldehydes is 1. The van der Waals surface area contributed by atoms with Crippen molar-refractivity contribution in [2.24, 2.45) is 0 Å². The van der Waals surface area contributed by atoms with Crippen molar-refractivity contribution in [3.05, 3.63) is 46.2 Å². The summed E-state index contributed by atoms with van der Waals surface area (Å²) in [6, 6.07) is 7.84. The summed E-state index contributed by atoms with van der Waals surface area (Å²) in [4.78, 5) is 10.9. The maximum Gasteiger partial charge on any atom is 0.169 e. The summed E-state index contributed by atoms with van der Waals surface area (Å²) in [7, 11) is 0. The fourth-order valence-electron chi connectivity index (χ4n) is 1.34. The Bertz CT molecular complexity index is 488. The Labute approximate surface area is 95.9 Å². The van der Waals surface area contributed by atoms with Gasteiger partial charge in [0.05, 0.1) is 16.4 Å². The fraction of sp³-hybridized carbons (Fsp3) is 0.0909. The Morgan fingerprint density at radius 3 is 2.60 bits per heavy atom. The number of aromatic nitrogens is 2. The van der Waals surface area contributed by atoms with Crippen LogP contribution in [0.4, 0.5) is 0 Å². The highest BCUT2D eigenvalue weighted by molar-refractivity contribution is 9.10. The average Bonchev–Trinajstić information content (AvgIpc) is 2.61. The monoisotopic (exact) mass is 264 g/mol.